The first-order chi connectivity index (χ1) is 12.4. The number of fused-ring (bicyclic) bond motifs is 1. The average molecular weight is 372 g/mol. The van der Waals surface area contributed by atoms with Crippen LogP contribution in [0.15, 0.2) is 28.9 Å². The van der Waals surface area contributed by atoms with Crippen molar-refractivity contribution in [3.05, 3.63) is 35.7 Å². The van der Waals surface area contributed by atoms with Gasteiger partial charge in [-0.05, 0) is 44.1 Å². The summed E-state index contributed by atoms with van der Waals surface area (Å²) in [6, 6.07) is 5.36. The lowest BCUT2D eigenvalue weighted by Gasteiger charge is -2.14. The molecule has 7 heteroatoms. The average Bonchev–Trinajstić information content (AvgIpc) is 2.61. The number of anilines is 1. The van der Waals surface area contributed by atoms with Crippen molar-refractivity contribution in [3.8, 4) is 17.0 Å². The van der Waals surface area contributed by atoms with Crippen molar-refractivity contribution in [2.75, 3.05) is 18.2 Å². The highest BCUT2D eigenvalue weighted by Gasteiger charge is 2.17. The van der Waals surface area contributed by atoms with Crippen molar-refractivity contribution in [1.82, 2.24) is 15.0 Å². The molecule has 0 unspecified atom stereocenters. The molecule has 0 bridgehead atoms. The normalized spacial score (nSPS) is 10.6. The van der Waals surface area contributed by atoms with Crippen molar-refractivity contribution >= 4 is 33.2 Å². The van der Waals surface area contributed by atoms with Gasteiger partial charge >= 0.3 is 0 Å². The summed E-state index contributed by atoms with van der Waals surface area (Å²) in [6.45, 7) is 7.84. The van der Waals surface area contributed by atoms with E-state index in [4.69, 9.17) is 10.7 Å². The van der Waals surface area contributed by atoms with E-state index in [0.717, 1.165) is 16.7 Å². The Labute approximate surface area is 156 Å². The molecule has 0 fully saturated rings. The molecule has 0 saturated heterocycles. The maximum atomic E-state index is 10.1. The predicted molar refractivity (Wildman–Crippen MR) is 111 cm³/mol. The third-order valence-corrected chi connectivity index (χ3v) is 4.35. The van der Waals surface area contributed by atoms with E-state index in [1.54, 1.807) is 6.07 Å². The quantitative estimate of drug-likeness (QED) is 0.699. The maximum absolute atomic E-state index is 10.1. The lowest BCUT2D eigenvalue weighted by atomic mass is 9.97. The second-order valence-electron chi connectivity index (χ2n) is 5.75. The third-order valence-electron chi connectivity index (χ3n) is 3.80. The molecular formula is C19H25N5OS. The molecule has 3 aromatic rings. The maximum Gasteiger partial charge on any atom is 0.160 e. The Balaban J connectivity index is 0.00000117. The third kappa shape index (κ3) is 3.83. The first-order valence-corrected chi connectivity index (χ1v) is 10.4. The molecule has 138 valence electrons. The van der Waals surface area contributed by atoms with E-state index in [2.05, 4.69) is 14.3 Å². The number of phenolic OH excluding ortho intramolecular Hbond substituents is 1. The van der Waals surface area contributed by atoms with Crippen molar-refractivity contribution in [2.45, 2.75) is 27.7 Å². The molecule has 0 amide bonds. The molecule has 26 heavy (non-hydrogen) atoms. The highest BCUT2D eigenvalue weighted by atomic mass is 32.2. The van der Waals surface area contributed by atoms with Gasteiger partial charge in [0, 0.05) is 16.5 Å². The summed E-state index contributed by atoms with van der Waals surface area (Å²) in [7, 11) is -0.164. The minimum Gasteiger partial charge on any atom is -0.508 e. The Morgan fingerprint density at radius 2 is 1.81 bits per heavy atom. The zero-order valence-electron chi connectivity index (χ0n) is 16.0. The van der Waals surface area contributed by atoms with Crippen LogP contribution in [-0.2, 0) is 10.7 Å². The number of nitrogens with two attached hydrogens (primary N) is 1. The van der Waals surface area contributed by atoms with Gasteiger partial charge in [-0.3, -0.25) is 0 Å². The molecular weight excluding hydrogens is 346 g/mol. The number of hydrogen-bond acceptors (Lipinski definition) is 6. The number of aryl methyl sites for hydroxylation is 1. The highest BCUT2D eigenvalue weighted by Crippen LogP contribution is 2.37. The van der Waals surface area contributed by atoms with E-state index < -0.39 is 0 Å². The molecule has 3 N–H and O–H groups in total. The zero-order valence-corrected chi connectivity index (χ0v) is 16.8. The number of nitrogen functional groups attached to an aromatic ring is 1. The van der Waals surface area contributed by atoms with Crippen LogP contribution in [-0.4, -0.2) is 32.6 Å². The molecule has 6 nitrogen and oxygen atoms in total. The Morgan fingerprint density at radius 3 is 2.46 bits per heavy atom. The molecule has 0 radical (unpaired) electrons. The van der Waals surface area contributed by atoms with Crippen LogP contribution in [0.4, 0.5) is 11.6 Å². The smallest absolute Gasteiger partial charge is 0.160 e. The van der Waals surface area contributed by atoms with E-state index in [1.807, 2.05) is 52.3 Å². The van der Waals surface area contributed by atoms with Crippen LogP contribution in [0.3, 0.4) is 0 Å². The molecule has 0 spiro atoms. The Morgan fingerprint density at radius 1 is 1.12 bits per heavy atom. The van der Waals surface area contributed by atoms with E-state index in [1.165, 1.54) is 6.33 Å². The number of benzene rings is 1. The fourth-order valence-electron chi connectivity index (χ4n) is 2.68. The van der Waals surface area contributed by atoms with Gasteiger partial charge in [-0.2, -0.15) is 0 Å². The van der Waals surface area contributed by atoms with Crippen molar-refractivity contribution in [1.29, 1.82) is 0 Å². The molecule has 0 aliphatic carbocycles. The van der Waals surface area contributed by atoms with Crippen molar-refractivity contribution in [3.63, 3.8) is 0 Å². The van der Waals surface area contributed by atoms with Crippen LogP contribution in [0.25, 0.3) is 22.2 Å². The summed E-state index contributed by atoms with van der Waals surface area (Å²) < 4.78 is 4.56. The Kier molecular flexibility index (Phi) is 6.26. The summed E-state index contributed by atoms with van der Waals surface area (Å²) in [4.78, 5) is 13.1. The minimum atomic E-state index is -0.164. The first-order valence-electron chi connectivity index (χ1n) is 8.38. The van der Waals surface area contributed by atoms with Gasteiger partial charge in [-0.25, -0.2) is 19.3 Å². The van der Waals surface area contributed by atoms with Gasteiger partial charge in [0.05, 0.1) is 5.69 Å². The number of hydrogen-bond donors (Lipinski definition) is 2. The van der Waals surface area contributed by atoms with Gasteiger partial charge < -0.3 is 10.8 Å². The number of nitrogens with zero attached hydrogens (tertiary/aromatic N) is 4. The van der Waals surface area contributed by atoms with Gasteiger partial charge in [-0.15, -0.1) is 0 Å². The summed E-state index contributed by atoms with van der Waals surface area (Å²) in [5.74, 6) is 1.21. The van der Waals surface area contributed by atoms with Crippen LogP contribution < -0.4 is 5.73 Å². The largest absolute Gasteiger partial charge is 0.508 e. The lowest BCUT2D eigenvalue weighted by Crippen LogP contribution is -1.99. The summed E-state index contributed by atoms with van der Waals surface area (Å²) in [5.41, 5.74) is 9.97. The SMILES string of the molecule is CC.Cc1ccc(O)c(C)c1-c1nc(N=S(C)C)cc2c(N)ncnc12. The van der Waals surface area contributed by atoms with Crippen LogP contribution >= 0.6 is 0 Å². The van der Waals surface area contributed by atoms with Crippen LogP contribution in [0.2, 0.25) is 0 Å². The molecule has 0 saturated carbocycles. The number of pyridine rings is 1. The summed E-state index contributed by atoms with van der Waals surface area (Å²) in [6.07, 6.45) is 5.46. The zero-order chi connectivity index (χ0) is 19.4. The Hall–Kier alpha value is -2.54. The molecule has 0 atom stereocenters. The van der Waals surface area contributed by atoms with Gasteiger partial charge in [0.15, 0.2) is 5.82 Å². The summed E-state index contributed by atoms with van der Waals surface area (Å²) >= 11 is 0. The molecule has 0 aliphatic rings. The number of phenols is 1. The molecule has 2 heterocycles. The van der Waals surface area contributed by atoms with E-state index in [9.17, 15) is 5.11 Å². The number of rotatable bonds is 2. The van der Waals surface area contributed by atoms with Crippen LogP contribution in [0, 0.1) is 13.8 Å². The molecule has 3 rings (SSSR count). The van der Waals surface area contributed by atoms with Crippen LogP contribution in [0.1, 0.15) is 25.0 Å². The second-order valence-corrected chi connectivity index (χ2v) is 7.48. The van der Waals surface area contributed by atoms with Gasteiger partial charge in [0.2, 0.25) is 0 Å². The van der Waals surface area contributed by atoms with Gasteiger partial charge in [0.25, 0.3) is 0 Å². The summed E-state index contributed by atoms with van der Waals surface area (Å²) in [5, 5.41) is 10.8. The van der Waals surface area contributed by atoms with E-state index in [0.29, 0.717) is 28.2 Å². The fraction of sp³-hybridized carbons (Fsp3) is 0.316. The van der Waals surface area contributed by atoms with Crippen molar-refractivity contribution < 1.29 is 5.11 Å². The number of aromatic hydroxyl groups is 1. The van der Waals surface area contributed by atoms with Crippen LogP contribution in [0.5, 0.6) is 5.75 Å². The van der Waals surface area contributed by atoms with E-state index in [-0.39, 0.29) is 16.4 Å². The minimum absolute atomic E-state index is 0.164. The highest BCUT2D eigenvalue weighted by molar-refractivity contribution is 7.85. The van der Waals surface area contributed by atoms with Gasteiger partial charge in [-0.1, -0.05) is 30.6 Å². The predicted octanol–water partition coefficient (Wildman–Crippen LogP) is 4.32. The topological polar surface area (TPSA) is 97.3 Å². The number of aromatic nitrogens is 3. The lowest BCUT2D eigenvalue weighted by molar-refractivity contribution is 0.471. The molecule has 1 aromatic carbocycles. The van der Waals surface area contributed by atoms with Gasteiger partial charge in [0.1, 0.15) is 23.4 Å². The standard InChI is InChI=1S/C17H19N5OS.C2H6/c1-9-5-6-12(23)10(2)14(9)16-15-11(17(18)20-8-19-15)7-13(21-16)22-24(3)4;1-2/h5-8,23H,1-4H3,(H2,18,19,20);1-2H3. The first kappa shape index (κ1) is 19.8. The molecule has 2 aromatic heterocycles. The second kappa shape index (κ2) is 8.23. The molecule has 0 aliphatic heterocycles. The van der Waals surface area contributed by atoms with E-state index >= 15 is 0 Å². The van der Waals surface area contributed by atoms with Crippen molar-refractivity contribution in [2.24, 2.45) is 4.36 Å². The fourth-order valence-corrected chi connectivity index (χ4v) is 3.15. The monoisotopic (exact) mass is 371 g/mol. The Bertz CT molecular complexity index is 981.